The van der Waals surface area contributed by atoms with E-state index in [1.807, 2.05) is 24.5 Å². The summed E-state index contributed by atoms with van der Waals surface area (Å²) in [6, 6.07) is 6.30. The molecule has 1 aromatic carbocycles. The van der Waals surface area contributed by atoms with Crippen molar-refractivity contribution in [2.24, 2.45) is 0 Å². The smallest absolute Gasteiger partial charge is 0.225 e. The van der Waals surface area contributed by atoms with Gasteiger partial charge in [-0.2, -0.15) is 0 Å². The van der Waals surface area contributed by atoms with E-state index in [1.54, 1.807) is 23.2 Å². The van der Waals surface area contributed by atoms with Gasteiger partial charge in [0.25, 0.3) is 0 Å². The zero-order valence-electron chi connectivity index (χ0n) is 13.2. The highest BCUT2D eigenvalue weighted by molar-refractivity contribution is 7.19. The topological polar surface area (TPSA) is 46.1 Å². The zero-order valence-corrected chi connectivity index (χ0v) is 14.9. The first kappa shape index (κ1) is 15.8. The number of carbonyl (C=O) groups excluding carboxylic acids is 1. The number of hydrogen-bond acceptors (Lipinski definition) is 5. The van der Waals surface area contributed by atoms with E-state index >= 15 is 0 Å². The molecular weight excluding hydrogens is 326 g/mol. The summed E-state index contributed by atoms with van der Waals surface area (Å²) in [5.41, 5.74) is 3.09. The Hall–Kier alpha value is -2.05. The van der Waals surface area contributed by atoms with Gasteiger partial charge in [-0.25, -0.2) is 9.97 Å². The molecule has 0 aliphatic carbocycles. The molecule has 4 nitrogen and oxygen atoms in total. The average Bonchev–Trinajstić information content (AvgIpc) is 3.11. The monoisotopic (exact) mass is 343 g/mol. The van der Waals surface area contributed by atoms with Gasteiger partial charge in [-0.05, 0) is 43.7 Å². The Labute approximate surface area is 143 Å². The van der Waals surface area contributed by atoms with Crippen molar-refractivity contribution in [1.29, 1.82) is 0 Å². The van der Waals surface area contributed by atoms with Crippen LogP contribution in [0.5, 0.6) is 0 Å². The van der Waals surface area contributed by atoms with E-state index < -0.39 is 0 Å². The molecule has 0 atom stereocenters. The van der Waals surface area contributed by atoms with Crippen molar-refractivity contribution in [2.75, 3.05) is 11.4 Å². The van der Waals surface area contributed by atoms with Gasteiger partial charge in [-0.1, -0.05) is 6.07 Å². The summed E-state index contributed by atoms with van der Waals surface area (Å²) in [7, 11) is 0. The van der Waals surface area contributed by atoms with E-state index in [9.17, 15) is 4.79 Å². The Kier molecular flexibility index (Phi) is 4.54. The van der Waals surface area contributed by atoms with Crippen molar-refractivity contribution in [3.63, 3.8) is 0 Å². The minimum absolute atomic E-state index is 0.0129. The Balaban J connectivity index is 1.81. The predicted molar refractivity (Wildman–Crippen MR) is 99.1 cm³/mol. The SMILES string of the molecule is CCN(C(C)=O)c1nc(/C=C/c2nc3cc(C)ccc3s2)cs1. The van der Waals surface area contributed by atoms with Gasteiger partial charge in [-0.3, -0.25) is 9.69 Å². The highest BCUT2D eigenvalue weighted by atomic mass is 32.1. The van der Waals surface area contributed by atoms with E-state index in [0.29, 0.717) is 6.54 Å². The zero-order chi connectivity index (χ0) is 16.4. The summed E-state index contributed by atoms with van der Waals surface area (Å²) in [5.74, 6) is 0.0129. The van der Waals surface area contributed by atoms with E-state index in [-0.39, 0.29) is 5.91 Å². The Morgan fingerprint density at radius 3 is 2.87 bits per heavy atom. The molecule has 0 aliphatic heterocycles. The van der Waals surface area contributed by atoms with Crippen molar-refractivity contribution < 1.29 is 4.79 Å². The fourth-order valence-electron chi connectivity index (χ4n) is 2.25. The number of hydrogen-bond donors (Lipinski definition) is 0. The molecule has 0 spiro atoms. The minimum Gasteiger partial charge on any atom is -0.289 e. The van der Waals surface area contributed by atoms with Gasteiger partial charge >= 0.3 is 0 Å². The van der Waals surface area contributed by atoms with Crippen LogP contribution in [0.3, 0.4) is 0 Å². The van der Waals surface area contributed by atoms with Crippen LogP contribution in [0.1, 0.15) is 30.1 Å². The number of benzene rings is 1. The van der Waals surface area contributed by atoms with Crippen LogP contribution in [0.25, 0.3) is 22.4 Å². The Morgan fingerprint density at radius 2 is 2.13 bits per heavy atom. The highest BCUT2D eigenvalue weighted by Gasteiger charge is 2.12. The molecule has 0 radical (unpaired) electrons. The van der Waals surface area contributed by atoms with E-state index in [4.69, 9.17) is 0 Å². The lowest BCUT2D eigenvalue weighted by atomic mass is 10.2. The number of carbonyl (C=O) groups is 1. The number of nitrogens with zero attached hydrogens (tertiary/aromatic N) is 3. The van der Waals surface area contributed by atoms with Gasteiger partial charge < -0.3 is 0 Å². The molecule has 2 heterocycles. The molecule has 0 unspecified atom stereocenters. The van der Waals surface area contributed by atoms with Crippen molar-refractivity contribution in [3.8, 4) is 0 Å². The van der Waals surface area contributed by atoms with Crippen molar-refractivity contribution in [3.05, 3.63) is 39.8 Å². The average molecular weight is 343 g/mol. The molecule has 0 fully saturated rings. The summed E-state index contributed by atoms with van der Waals surface area (Å²) in [5, 5.41) is 3.65. The molecule has 0 bridgehead atoms. The number of aryl methyl sites for hydroxylation is 1. The van der Waals surface area contributed by atoms with Crippen LogP contribution < -0.4 is 4.90 Å². The molecule has 2 aromatic heterocycles. The van der Waals surface area contributed by atoms with Crippen LogP contribution in [0.4, 0.5) is 5.13 Å². The quantitative estimate of drug-likeness (QED) is 0.695. The first-order chi connectivity index (χ1) is 11.1. The number of aromatic nitrogens is 2. The molecule has 0 N–H and O–H groups in total. The molecule has 3 rings (SSSR count). The number of fused-ring (bicyclic) bond motifs is 1. The van der Waals surface area contributed by atoms with Crippen LogP contribution in [0.15, 0.2) is 23.6 Å². The first-order valence-electron chi connectivity index (χ1n) is 7.35. The third-order valence-corrected chi connectivity index (χ3v) is 5.28. The van der Waals surface area contributed by atoms with E-state index in [1.165, 1.54) is 21.6 Å². The number of rotatable bonds is 4. The Bertz CT molecular complexity index is 879. The molecule has 0 saturated carbocycles. The van der Waals surface area contributed by atoms with Crippen LogP contribution in [0, 0.1) is 6.92 Å². The largest absolute Gasteiger partial charge is 0.289 e. The third kappa shape index (κ3) is 3.48. The summed E-state index contributed by atoms with van der Waals surface area (Å²) >= 11 is 3.14. The van der Waals surface area contributed by atoms with Crippen molar-refractivity contribution >= 4 is 56.1 Å². The Morgan fingerprint density at radius 1 is 1.30 bits per heavy atom. The summed E-state index contributed by atoms with van der Waals surface area (Å²) in [6.07, 6.45) is 3.92. The molecule has 118 valence electrons. The van der Waals surface area contributed by atoms with Crippen LogP contribution in [-0.4, -0.2) is 22.4 Å². The van der Waals surface area contributed by atoms with Crippen molar-refractivity contribution in [1.82, 2.24) is 9.97 Å². The van der Waals surface area contributed by atoms with Crippen LogP contribution in [-0.2, 0) is 4.79 Å². The lowest BCUT2D eigenvalue weighted by molar-refractivity contribution is -0.116. The van der Waals surface area contributed by atoms with Crippen molar-refractivity contribution in [2.45, 2.75) is 20.8 Å². The maximum absolute atomic E-state index is 11.6. The summed E-state index contributed by atoms with van der Waals surface area (Å²) in [4.78, 5) is 22.3. The van der Waals surface area contributed by atoms with Gasteiger partial charge in [-0.15, -0.1) is 22.7 Å². The van der Waals surface area contributed by atoms with Gasteiger partial charge in [0.05, 0.1) is 15.9 Å². The molecule has 0 aliphatic rings. The molecule has 1 amide bonds. The van der Waals surface area contributed by atoms with Gasteiger partial charge in [0, 0.05) is 18.8 Å². The second kappa shape index (κ2) is 6.60. The van der Waals surface area contributed by atoms with Crippen LogP contribution in [0.2, 0.25) is 0 Å². The highest BCUT2D eigenvalue weighted by Crippen LogP contribution is 2.25. The maximum Gasteiger partial charge on any atom is 0.225 e. The first-order valence-corrected chi connectivity index (χ1v) is 9.05. The predicted octanol–water partition coefficient (Wildman–Crippen LogP) is 4.60. The van der Waals surface area contributed by atoms with E-state index in [0.717, 1.165) is 21.3 Å². The third-order valence-electron chi connectivity index (χ3n) is 3.39. The molecular formula is C17H17N3OS2. The fraction of sp³-hybridized carbons (Fsp3) is 0.235. The molecule has 6 heteroatoms. The standard InChI is InChI=1S/C17H17N3OS2/c1-4-20(12(3)21)17-18-13(10-22-17)6-8-16-19-14-9-11(2)5-7-15(14)23-16/h5-10H,4H2,1-3H3/b8-6+. The van der Waals surface area contributed by atoms with Gasteiger partial charge in [0.2, 0.25) is 5.91 Å². The van der Waals surface area contributed by atoms with Gasteiger partial charge in [0.15, 0.2) is 5.13 Å². The minimum atomic E-state index is 0.0129. The lowest BCUT2D eigenvalue weighted by Crippen LogP contribution is -2.27. The summed E-state index contributed by atoms with van der Waals surface area (Å²) in [6.45, 7) is 6.20. The maximum atomic E-state index is 11.6. The van der Waals surface area contributed by atoms with Gasteiger partial charge in [0.1, 0.15) is 5.01 Å². The second-order valence-electron chi connectivity index (χ2n) is 5.17. The fourth-order valence-corrected chi connectivity index (χ4v) is 4.00. The molecule has 23 heavy (non-hydrogen) atoms. The number of amides is 1. The second-order valence-corrected chi connectivity index (χ2v) is 7.07. The molecule has 3 aromatic rings. The normalized spacial score (nSPS) is 11.4. The number of anilines is 1. The van der Waals surface area contributed by atoms with E-state index in [2.05, 4.69) is 35.1 Å². The number of thiazole rings is 2. The molecule has 0 saturated heterocycles. The lowest BCUT2D eigenvalue weighted by Gasteiger charge is -2.14. The van der Waals surface area contributed by atoms with Crippen LogP contribution >= 0.6 is 22.7 Å². The summed E-state index contributed by atoms with van der Waals surface area (Å²) < 4.78 is 1.18.